The summed E-state index contributed by atoms with van der Waals surface area (Å²) in [4.78, 5) is 3.61. The van der Waals surface area contributed by atoms with Crippen LogP contribution in [0.5, 0.6) is 0 Å². The summed E-state index contributed by atoms with van der Waals surface area (Å²) in [7, 11) is 1.70. The molecule has 1 aromatic rings. The van der Waals surface area contributed by atoms with Crippen molar-refractivity contribution in [2.45, 2.75) is 6.61 Å². The third-order valence-electron chi connectivity index (χ3n) is 0.889. The van der Waals surface area contributed by atoms with Gasteiger partial charge in [-0.15, -0.1) is 5.10 Å². The van der Waals surface area contributed by atoms with Crippen LogP contribution in [-0.2, 0) is 13.7 Å². The molecule has 1 heterocycles. The van der Waals surface area contributed by atoms with Crippen LogP contribution in [0, 0.1) is 6.33 Å². The summed E-state index contributed by atoms with van der Waals surface area (Å²) in [5.41, 5.74) is 0. The van der Waals surface area contributed by atoms with Gasteiger partial charge in [-0.3, -0.25) is 4.68 Å². The fourth-order valence-corrected chi connectivity index (χ4v) is 0.415. The lowest BCUT2D eigenvalue weighted by Crippen LogP contribution is -1.97. The molecule has 0 atom stereocenters. The highest BCUT2D eigenvalue weighted by Gasteiger charge is 1.94. The lowest BCUT2D eigenvalue weighted by atomic mass is 10.7. The fourth-order valence-electron chi connectivity index (χ4n) is 0.415. The lowest BCUT2D eigenvalue weighted by molar-refractivity contribution is 0.265. The number of aryl methyl sites for hydroxylation is 1. The molecule has 1 aromatic heterocycles. The maximum Gasteiger partial charge on any atom is 0.221 e. The minimum absolute atomic E-state index is 0.0764. The van der Waals surface area contributed by atoms with Crippen LogP contribution in [0.25, 0.3) is 0 Å². The zero-order valence-electron chi connectivity index (χ0n) is 4.50. The molecule has 8 heavy (non-hydrogen) atoms. The summed E-state index contributed by atoms with van der Waals surface area (Å²) >= 11 is 0. The van der Waals surface area contributed by atoms with E-state index < -0.39 is 0 Å². The van der Waals surface area contributed by atoms with Crippen molar-refractivity contribution in [3.8, 4) is 0 Å². The van der Waals surface area contributed by atoms with E-state index in [1.54, 1.807) is 7.05 Å². The molecule has 0 unspecified atom stereocenters. The molecule has 0 aliphatic heterocycles. The van der Waals surface area contributed by atoms with Gasteiger partial charge in [0.25, 0.3) is 0 Å². The smallest absolute Gasteiger partial charge is 0.221 e. The molecule has 0 aliphatic carbocycles. The summed E-state index contributed by atoms with van der Waals surface area (Å²) in [6.45, 7) is -0.0764. The Hall–Kier alpha value is -0.900. The van der Waals surface area contributed by atoms with Crippen LogP contribution >= 0.6 is 0 Å². The number of rotatable bonds is 1. The van der Waals surface area contributed by atoms with E-state index in [1.807, 2.05) is 0 Å². The monoisotopic (exact) mass is 112 g/mol. The van der Waals surface area contributed by atoms with E-state index in [4.69, 9.17) is 5.11 Å². The molecular formula is C4H6N3O. The Bertz CT molecular complexity index is 172. The first kappa shape index (κ1) is 5.24. The van der Waals surface area contributed by atoms with Gasteiger partial charge in [0.15, 0.2) is 5.82 Å². The molecule has 1 N–H and O–H groups in total. The van der Waals surface area contributed by atoms with E-state index in [2.05, 4.69) is 16.4 Å². The second-order valence-corrected chi connectivity index (χ2v) is 1.41. The van der Waals surface area contributed by atoms with E-state index in [-0.39, 0.29) is 6.61 Å². The van der Waals surface area contributed by atoms with Gasteiger partial charge in [0, 0.05) is 7.05 Å². The van der Waals surface area contributed by atoms with Crippen LogP contribution in [-0.4, -0.2) is 19.9 Å². The zero-order valence-corrected chi connectivity index (χ0v) is 4.50. The van der Waals surface area contributed by atoms with Gasteiger partial charge in [0.1, 0.15) is 6.61 Å². The summed E-state index contributed by atoms with van der Waals surface area (Å²) in [6, 6.07) is 0. The molecule has 0 aliphatic rings. The molecular weight excluding hydrogens is 106 g/mol. The number of aromatic nitrogens is 3. The van der Waals surface area contributed by atoms with Gasteiger partial charge < -0.3 is 5.11 Å². The molecule has 1 rings (SSSR count). The zero-order chi connectivity index (χ0) is 5.98. The van der Waals surface area contributed by atoms with Crippen molar-refractivity contribution in [2.24, 2.45) is 7.05 Å². The highest BCUT2D eigenvalue weighted by molar-refractivity contribution is 4.77. The van der Waals surface area contributed by atoms with E-state index in [1.165, 1.54) is 4.68 Å². The van der Waals surface area contributed by atoms with Crippen LogP contribution < -0.4 is 0 Å². The highest BCUT2D eigenvalue weighted by Crippen LogP contribution is 1.85. The molecule has 1 radical (unpaired) electrons. The standard InChI is InChI=1S/C4H6N3O/c1-7-4(2-8)5-3-6-7/h8H,2H2,1H3. The Morgan fingerprint density at radius 1 is 1.88 bits per heavy atom. The highest BCUT2D eigenvalue weighted by atomic mass is 16.3. The van der Waals surface area contributed by atoms with Crippen molar-refractivity contribution in [2.75, 3.05) is 0 Å². The van der Waals surface area contributed by atoms with Gasteiger partial charge in [-0.1, -0.05) is 0 Å². The Morgan fingerprint density at radius 2 is 2.62 bits per heavy atom. The van der Waals surface area contributed by atoms with Crippen molar-refractivity contribution in [1.82, 2.24) is 14.8 Å². The summed E-state index contributed by atoms with van der Waals surface area (Å²) in [5, 5.41) is 12.1. The predicted molar refractivity (Wildman–Crippen MR) is 25.8 cm³/mol. The third-order valence-corrected chi connectivity index (χ3v) is 0.889. The van der Waals surface area contributed by atoms with Crippen molar-refractivity contribution >= 4 is 0 Å². The van der Waals surface area contributed by atoms with E-state index in [0.29, 0.717) is 5.82 Å². The molecule has 43 valence electrons. The first-order valence-corrected chi connectivity index (χ1v) is 2.21. The van der Waals surface area contributed by atoms with Gasteiger partial charge in [0.05, 0.1) is 0 Å². The summed E-state index contributed by atoms with van der Waals surface area (Å²) in [5.74, 6) is 0.532. The minimum Gasteiger partial charge on any atom is -0.388 e. The number of aliphatic hydroxyl groups is 1. The largest absolute Gasteiger partial charge is 0.388 e. The average molecular weight is 112 g/mol. The number of hydrogen-bond acceptors (Lipinski definition) is 3. The first-order chi connectivity index (χ1) is 3.84. The van der Waals surface area contributed by atoms with Crippen molar-refractivity contribution < 1.29 is 5.11 Å². The molecule has 0 saturated carbocycles. The van der Waals surface area contributed by atoms with E-state index in [9.17, 15) is 0 Å². The molecule has 0 fully saturated rings. The van der Waals surface area contributed by atoms with E-state index in [0.717, 1.165) is 0 Å². The SMILES string of the molecule is Cn1n[c]nc1CO. The second-order valence-electron chi connectivity index (χ2n) is 1.41. The van der Waals surface area contributed by atoms with Gasteiger partial charge in [0.2, 0.25) is 6.33 Å². The molecule has 4 heteroatoms. The normalized spacial score (nSPS) is 9.75. The Kier molecular flexibility index (Phi) is 1.26. The van der Waals surface area contributed by atoms with Crippen molar-refractivity contribution in [3.63, 3.8) is 0 Å². The molecule has 0 aromatic carbocycles. The Balaban J connectivity index is 2.92. The lowest BCUT2D eigenvalue weighted by Gasteiger charge is -1.89. The van der Waals surface area contributed by atoms with Crippen molar-refractivity contribution in [3.05, 3.63) is 12.2 Å². The molecule has 0 amide bonds. The second kappa shape index (κ2) is 1.92. The first-order valence-electron chi connectivity index (χ1n) is 2.21. The maximum atomic E-state index is 8.46. The topological polar surface area (TPSA) is 50.9 Å². The predicted octanol–water partition coefficient (Wildman–Crippen LogP) is -0.892. The Labute approximate surface area is 46.8 Å². The van der Waals surface area contributed by atoms with Crippen LogP contribution in [0.15, 0.2) is 0 Å². The molecule has 0 spiro atoms. The summed E-state index contributed by atoms with van der Waals surface area (Å²) < 4.78 is 1.47. The van der Waals surface area contributed by atoms with Crippen LogP contribution in [0.1, 0.15) is 5.82 Å². The quantitative estimate of drug-likeness (QED) is 0.512. The van der Waals surface area contributed by atoms with Crippen LogP contribution in [0.4, 0.5) is 0 Å². The number of aliphatic hydroxyl groups excluding tert-OH is 1. The maximum absolute atomic E-state index is 8.46. The summed E-state index contributed by atoms with van der Waals surface area (Å²) in [6.07, 6.45) is 2.35. The minimum atomic E-state index is -0.0764. The van der Waals surface area contributed by atoms with E-state index >= 15 is 0 Å². The van der Waals surface area contributed by atoms with Gasteiger partial charge in [-0.05, 0) is 0 Å². The van der Waals surface area contributed by atoms with Crippen LogP contribution in [0.2, 0.25) is 0 Å². The molecule has 4 nitrogen and oxygen atoms in total. The Morgan fingerprint density at radius 3 is 2.88 bits per heavy atom. The van der Waals surface area contributed by atoms with Crippen LogP contribution in [0.3, 0.4) is 0 Å². The average Bonchev–Trinajstić information content (AvgIpc) is 2.14. The van der Waals surface area contributed by atoms with Gasteiger partial charge >= 0.3 is 0 Å². The number of nitrogens with zero attached hydrogens (tertiary/aromatic N) is 3. The molecule has 0 bridgehead atoms. The number of hydrogen-bond donors (Lipinski definition) is 1. The molecule has 0 saturated heterocycles. The van der Waals surface area contributed by atoms with Gasteiger partial charge in [-0.2, -0.15) is 0 Å². The fraction of sp³-hybridized carbons (Fsp3) is 0.500. The van der Waals surface area contributed by atoms with Gasteiger partial charge in [-0.25, -0.2) is 4.98 Å². The third kappa shape index (κ3) is 0.696. The van der Waals surface area contributed by atoms with Crippen molar-refractivity contribution in [1.29, 1.82) is 0 Å².